The summed E-state index contributed by atoms with van der Waals surface area (Å²) in [5, 5.41) is 2.01. The first-order valence-corrected chi connectivity index (χ1v) is 17.4. The Kier molecular flexibility index (Phi) is 6.91. The van der Waals surface area contributed by atoms with Crippen LogP contribution in [0.3, 0.4) is 0 Å². The fourth-order valence-electron chi connectivity index (χ4n) is 7.51. The van der Waals surface area contributed by atoms with Crippen LogP contribution in [0.2, 0.25) is 0 Å². The van der Waals surface area contributed by atoms with Gasteiger partial charge in [-0.15, -0.1) is 0 Å². The van der Waals surface area contributed by atoms with E-state index in [1.54, 1.807) is 0 Å². The van der Waals surface area contributed by atoms with Crippen molar-refractivity contribution < 1.29 is 4.42 Å². The van der Waals surface area contributed by atoms with E-state index in [-0.39, 0.29) is 0 Å². The van der Waals surface area contributed by atoms with E-state index >= 15 is 0 Å². The van der Waals surface area contributed by atoms with Crippen molar-refractivity contribution in [1.82, 2.24) is 15.0 Å². The van der Waals surface area contributed by atoms with Crippen LogP contribution in [0.4, 0.5) is 0 Å². The number of furan rings is 1. The topological polar surface area (TPSA) is 51.8 Å². The fourth-order valence-corrected chi connectivity index (χ4v) is 7.51. The molecule has 0 radical (unpaired) electrons. The second-order valence-corrected chi connectivity index (χ2v) is 13.2. The average molecular weight is 654 g/mol. The fraction of sp³-hybridized carbons (Fsp3) is 0.0426. The molecule has 0 fully saturated rings. The Balaban J connectivity index is 1.05. The van der Waals surface area contributed by atoms with E-state index in [1.165, 1.54) is 22.3 Å². The zero-order chi connectivity index (χ0) is 33.7. The highest BCUT2D eigenvalue weighted by Crippen LogP contribution is 2.41. The molecule has 6 aromatic carbocycles. The van der Waals surface area contributed by atoms with Crippen LogP contribution in [0.25, 0.3) is 84.4 Å². The van der Waals surface area contributed by atoms with Crippen LogP contribution in [0.5, 0.6) is 0 Å². The lowest BCUT2D eigenvalue weighted by molar-refractivity contribution is 0.669. The second-order valence-electron chi connectivity index (χ2n) is 13.2. The lowest BCUT2D eigenvalue weighted by Gasteiger charge is -2.27. The molecule has 0 saturated heterocycles. The third kappa shape index (κ3) is 5.20. The van der Waals surface area contributed by atoms with E-state index in [9.17, 15) is 0 Å². The first-order chi connectivity index (χ1) is 25.2. The first kappa shape index (κ1) is 29.3. The Hall–Kier alpha value is -6.65. The molecule has 2 aliphatic carbocycles. The van der Waals surface area contributed by atoms with Gasteiger partial charge >= 0.3 is 0 Å². The third-order valence-electron chi connectivity index (χ3n) is 10.1. The summed E-state index contributed by atoms with van der Waals surface area (Å²) in [5.74, 6) is 2.69. The molecule has 2 heterocycles. The largest absolute Gasteiger partial charge is 0.456 e. The minimum atomic E-state index is 0.392. The maximum Gasteiger partial charge on any atom is 0.164 e. The summed E-state index contributed by atoms with van der Waals surface area (Å²) in [6, 6.07) is 48.4. The molecular formula is C47H31N3O. The van der Waals surface area contributed by atoms with Gasteiger partial charge in [-0.05, 0) is 57.6 Å². The van der Waals surface area contributed by atoms with Crippen LogP contribution in [0.1, 0.15) is 17.0 Å². The molecule has 2 aromatic heterocycles. The van der Waals surface area contributed by atoms with Gasteiger partial charge in [0.2, 0.25) is 0 Å². The maximum atomic E-state index is 6.41. The molecule has 4 heteroatoms. The number of hydrogen-bond acceptors (Lipinski definition) is 4. The Morgan fingerprint density at radius 3 is 1.80 bits per heavy atom. The number of fused-ring (bicyclic) bond motifs is 6. The number of hydrogen-bond donors (Lipinski definition) is 0. The molecule has 8 aromatic rings. The van der Waals surface area contributed by atoms with E-state index in [0.29, 0.717) is 29.3 Å². The number of allylic oxidation sites excluding steroid dienone is 5. The molecule has 0 saturated carbocycles. The van der Waals surface area contributed by atoms with Crippen molar-refractivity contribution in [2.75, 3.05) is 0 Å². The molecule has 0 N–H and O–H groups in total. The third-order valence-corrected chi connectivity index (χ3v) is 10.1. The lowest BCUT2D eigenvalue weighted by Crippen LogP contribution is -2.13. The van der Waals surface area contributed by atoms with Gasteiger partial charge in [-0.3, -0.25) is 0 Å². The quantitative estimate of drug-likeness (QED) is 0.185. The monoisotopic (exact) mass is 653 g/mol. The van der Waals surface area contributed by atoms with Gasteiger partial charge in [0.15, 0.2) is 17.5 Å². The number of benzene rings is 6. The maximum absolute atomic E-state index is 6.41. The van der Waals surface area contributed by atoms with Crippen LogP contribution in [0, 0.1) is 5.92 Å². The molecule has 10 rings (SSSR count). The molecule has 2 unspecified atom stereocenters. The van der Waals surface area contributed by atoms with Gasteiger partial charge < -0.3 is 4.42 Å². The average Bonchev–Trinajstić information content (AvgIpc) is 3.59. The zero-order valence-electron chi connectivity index (χ0n) is 27.6. The van der Waals surface area contributed by atoms with Gasteiger partial charge in [-0.25, -0.2) is 15.0 Å². The number of rotatable bonds is 5. The van der Waals surface area contributed by atoms with E-state index in [1.807, 2.05) is 72.8 Å². The molecule has 240 valence electrons. The van der Waals surface area contributed by atoms with Crippen molar-refractivity contribution in [3.05, 3.63) is 181 Å². The minimum absolute atomic E-state index is 0.392. The van der Waals surface area contributed by atoms with Crippen LogP contribution in [-0.4, -0.2) is 15.0 Å². The smallest absolute Gasteiger partial charge is 0.164 e. The first-order valence-electron chi connectivity index (χ1n) is 17.4. The highest BCUT2D eigenvalue weighted by atomic mass is 16.3. The van der Waals surface area contributed by atoms with Crippen molar-refractivity contribution in [3.63, 3.8) is 0 Å². The van der Waals surface area contributed by atoms with Crippen molar-refractivity contribution in [2.24, 2.45) is 5.92 Å². The normalized spacial score (nSPS) is 16.0. The lowest BCUT2D eigenvalue weighted by atomic mass is 9.76. The molecule has 51 heavy (non-hydrogen) atoms. The highest BCUT2D eigenvalue weighted by Gasteiger charge is 2.24. The van der Waals surface area contributed by atoms with Crippen molar-refractivity contribution in [1.29, 1.82) is 0 Å². The molecule has 2 atom stereocenters. The molecule has 0 bridgehead atoms. The highest BCUT2D eigenvalue weighted by molar-refractivity contribution is 6.12. The van der Waals surface area contributed by atoms with Crippen molar-refractivity contribution >= 4 is 28.0 Å². The van der Waals surface area contributed by atoms with Gasteiger partial charge in [0, 0.05) is 39.3 Å². The van der Waals surface area contributed by atoms with E-state index in [4.69, 9.17) is 19.4 Å². The van der Waals surface area contributed by atoms with Gasteiger partial charge in [0.1, 0.15) is 11.2 Å². The summed E-state index contributed by atoms with van der Waals surface area (Å²) in [7, 11) is 0. The summed E-state index contributed by atoms with van der Waals surface area (Å²) in [6.45, 7) is 0. The summed E-state index contributed by atoms with van der Waals surface area (Å²) in [6.07, 6.45) is 13.5. The van der Waals surface area contributed by atoms with E-state index in [2.05, 4.69) is 103 Å². The van der Waals surface area contributed by atoms with Gasteiger partial charge in [-0.1, -0.05) is 152 Å². The van der Waals surface area contributed by atoms with Crippen molar-refractivity contribution in [2.45, 2.75) is 5.92 Å². The van der Waals surface area contributed by atoms with Gasteiger partial charge in [-0.2, -0.15) is 0 Å². The number of nitrogens with zero attached hydrogens (tertiary/aromatic N) is 3. The molecule has 4 nitrogen and oxygen atoms in total. The Morgan fingerprint density at radius 1 is 0.451 bits per heavy atom. The second kappa shape index (κ2) is 12.0. The van der Waals surface area contributed by atoms with E-state index < -0.39 is 0 Å². The Labute approximate surface area is 295 Å². The Bertz CT molecular complexity index is 2630. The van der Waals surface area contributed by atoms with Gasteiger partial charge in [0.05, 0.1) is 0 Å². The summed E-state index contributed by atoms with van der Waals surface area (Å²) >= 11 is 0. The summed E-state index contributed by atoms with van der Waals surface area (Å²) in [5.41, 5.74) is 11.8. The zero-order valence-corrected chi connectivity index (χ0v) is 27.6. The van der Waals surface area contributed by atoms with Crippen LogP contribution >= 0.6 is 0 Å². The van der Waals surface area contributed by atoms with Crippen LogP contribution < -0.4 is 0 Å². The summed E-state index contributed by atoms with van der Waals surface area (Å²) in [4.78, 5) is 15.0. The van der Waals surface area contributed by atoms with Crippen LogP contribution in [-0.2, 0) is 0 Å². The predicted molar refractivity (Wildman–Crippen MR) is 208 cm³/mol. The van der Waals surface area contributed by atoms with Crippen molar-refractivity contribution in [3.8, 4) is 56.4 Å². The van der Waals surface area contributed by atoms with E-state index in [0.717, 1.165) is 49.8 Å². The number of aromatic nitrogens is 3. The molecule has 0 aliphatic heterocycles. The molecule has 2 aliphatic rings. The predicted octanol–water partition coefficient (Wildman–Crippen LogP) is 12.0. The SMILES string of the molecule is C1=CC2C=Cc3ccc(-c4ccc(-c5ccc6oc7cccc(-c8nc(-c9ccccc9)nc(-c9ccccc9)n8)c7c6c5)cc4)cc3C2C=C1. The molecular weight excluding hydrogens is 623 g/mol. The standard InChI is InChI=1S/C47H31N3O/c1-3-11-34(12-4-1)45-48-46(35-13-5-2-6-14-35)50-47(49-45)39-16-9-17-43-44(39)41-29-37(26-27-42(41)51-43)31-20-18-30(19-21-31)36-25-24-33-23-22-32-10-7-8-15-38(32)40(33)28-36/h1-29,32,38H. The van der Waals surface area contributed by atoms with Gasteiger partial charge in [0.25, 0.3) is 0 Å². The summed E-state index contributed by atoms with van der Waals surface area (Å²) < 4.78 is 6.41. The van der Waals surface area contributed by atoms with Crippen LogP contribution in [0.15, 0.2) is 174 Å². The minimum Gasteiger partial charge on any atom is -0.456 e. The molecule has 0 spiro atoms. The molecule has 0 amide bonds. The Morgan fingerprint density at radius 2 is 1.08 bits per heavy atom.